The third-order valence-electron chi connectivity index (χ3n) is 5.51. The van der Waals surface area contributed by atoms with Crippen molar-refractivity contribution in [3.63, 3.8) is 0 Å². The van der Waals surface area contributed by atoms with E-state index in [9.17, 15) is 0 Å². The van der Waals surface area contributed by atoms with Gasteiger partial charge in [0.25, 0.3) is 0 Å². The van der Waals surface area contributed by atoms with Gasteiger partial charge in [0.1, 0.15) is 5.75 Å². The molecule has 0 spiro atoms. The van der Waals surface area contributed by atoms with Crippen molar-refractivity contribution in [2.75, 3.05) is 19.7 Å². The molecule has 0 amide bonds. The van der Waals surface area contributed by atoms with Gasteiger partial charge in [-0.05, 0) is 37.0 Å². The topological polar surface area (TPSA) is 56.3 Å². The van der Waals surface area contributed by atoms with Crippen molar-refractivity contribution < 1.29 is 4.74 Å². The number of nitrogens with zero attached hydrogens (tertiary/aromatic N) is 3. The number of piperidine rings is 1. The minimum Gasteiger partial charge on any atom is -0.493 e. The van der Waals surface area contributed by atoms with Gasteiger partial charge in [-0.2, -0.15) is 5.10 Å². The van der Waals surface area contributed by atoms with Gasteiger partial charge in [0, 0.05) is 43.9 Å². The zero-order valence-electron chi connectivity index (χ0n) is 14.3. The van der Waals surface area contributed by atoms with Crippen molar-refractivity contribution in [2.45, 2.75) is 44.8 Å². The standard InChI is InChI=1S/C19H26N4O/c1-14(16-2-3-19-17(10-16)6-9-24-19)22-7-4-18(5-8-22)23-13-15(11-20)12-21-23/h2-3,10,12-14,18H,4-9,11,20H2,1H3. The Balaban J connectivity index is 1.40. The van der Waals surface area contributed by atoms with Crippen LogP contribution in [0.5, 0.6) is 5.75 Å². The molecule has 1 atom stereocenters. The number of aromatic nitrogens is 2. The van der Waals surface area contributed by atoms with Gasteiger partial charge < -0.3 is 10.5 Å². The Kier molecular flexibility index (Phi) is 4.29. The Labute approximate surface area is 143 Å². The SMILES string of the molecule is CC(c1ccc2c(c1)CCO2)N1CCC(n2cc(CN)cn2)CC1. The summed E-state index contributed by atoms with van der Waals surface area (Å²) in [5.74, 6) is 1.07. The van der Waals surface area contributed by atoms with Crippen molar-refractivity contribution >= 4 is 0 Å². The van der Waals surface area contributed by atoms with Gasteiger partial charge in [-0.3, -0.25) is 9.58 Å². The first-order valence-corrected chi connectivity index (χ1v) is 8.97. The number of fused-ring (bicyclic) bond motifs is 1. The van der Waals surface area contributed by atoms with Crippen molar-refractivity contribution in [1.82, 2.24) is 14.7 Å². The number of ether oxygens (including phenoxy) is 1. The monoisotopic (exact) mass is 326 g/mol. The zero-order valence-corrected chi connectivity index (χ0v) is 14.3. The van der Waals surface area contributed by atoms with Crippen molar-refractivity contribution in [2.24, 2.45) is 5.73 Å². The van der Waals surface area contributed by atoms with E-state index < -0.39 is 0 Å². The molecule has 128 valence electrons. The Morgan fingerprint density at radius 2 is 2.17 bits per heavy atom. The van der Waals surface area contributed by atoms with Crippen LogP contribution in [0.3, 0.4) is 0 Å². The molecule has 0 saturated carbocycles. The summed E-state index contributed by atoms with van der Waals surface area (Å²) in [5.41, 5.74) is 9.57. The minimum absolute atomic E-state index is 0.453. The summed E-state index contributed by atoms with van der Waals surface area (Å²) < 4.78 is 7.73. The quantitative estimate of drug-likeness (QED) is 0.938. The van der Waals surface area contributed by atoms with E-state index in [1.165, 1.54) is 11.1 Å². The minimum atomic E-state index is 0.453. The number of hydrogen-bond donors (Lipinski definition) is 1. The smallest absolute Gasteiger partial charge is 0.122 e. The fraction of sp³-hybridized carbons (Fsp3) is 0.526. The van der Waals surface area contributed by atoms with Crippen LogP contribution in [0.2, 0.25) is 0 Å². The maximum atomic E-state index is 5.69. The van der Waals surface area contributed by atoms with Gasteiger partial charge >= 0.3 is 0 Å². The molecule has 2 aliphatic heterocycles. The largest absolute Gasteiger partial charge is 0.493 e. The summed E-state index contributed by atoms with van der Waals surface area (Å²) in [6.45, 7) is 5.93. The summed E-state index contributed by atoms with van der Waals surface area (Å²) in [7, 11) is 0. The van der Waals surface area contributed by atoms with Gasteiger partial charge in [-0.1, -0.05) is 12.1 Å². The molecule has 24 heavy (non-hydrogen) atoms. The normalized spacial score (nSPS) is 19.9. The second-order valence-corrected chi connectivity index (χ2v) is 6.94. The average molecular weight is 326 g/mol. The average Bonchev–Trinajstić information content (AvgIpc) is 3.29. The lowest BCUT2D eigenvalue weighted by atomic mass is 9.98. The van der Waals surface area contributed by atoms with Gasteiger partial charge in [-0.15, -0.1) is 0 Å². The number of hydrogen-bond acceptors (Lipinski definition) is 4. The van der Waals surface area contributed by atoms with Crippen LogP contribution in [0.1, 0.15) is 48.5 Å². The van der Waals surface area contributed by atoms with E-state index in [1.54, 1.807) is 0 Å². The van der Waals surface area contributed by atoms with E-state index >= 15 is 0 Å². The summed E-state index contributed by atoms with van der Waals surface area (Å²) in [6.07, 6.45) is 7.32. The van der Waals surface area contributed by atoms with Crippen LogP contribution in [0.4, 0.5) is 0 Å². The molecule has 0 aliphatic carbocycles. The Morgan fingerprint density at radius 3 is 2.92 bits per heavy atom. The summed E-state index contributed by atoms with van der Waals surface area (Å²) >= 11 is 0. The van der Waals surface area contributed by atoms with Crippen molar-refractivity contribution in [3.8, 4) is 5.75 Å². The Bertz CT molecular complexity index is 703. The highest BCUT2D eigenvalue weighted by molar-refractivity contribution is 5.40. The molecule has 2 aromatic rings. The second kappa shape index (κ2) is 6.57. The van der Waals surface area contributed by atoms with E-state index in [0.29, 0.717) is 18.6 Å². The molecule has 1 unspecified atom stereocenters. The fourth-order valence-electron chi connectivity index (χ4n) is 3.90. The molecular formula is C19H26N4O. The summed E-state index contributed by atoms with van der Waals surface area (Å²) in [4.78, 5) is 2.58. The summed E-state index contributed by atoms with van der Waals surface area (Å²) in [5, 5.41) is 4.48. The predicted octanol–water partition coefficient (Wildman–Crippen LogP) is 2.67. The third-order valence-corrected chi connectivity index (χ3v) is 5.51. The Morgan fingerprint density at radius 1 is 1.33 bits per heavy atom. The Hall–Kier alpha value is -1.85. The van der Waals surface area contributed by atoms with Crippen molar-refractivity contribution in [1.29, 1.82) is 0 Å². The highest BCUT2D eigenvalue weighted by atomic mass is 16.5. The maximum absolute atomic E-state index is 5.69. The molecule has 1 fully saturated rings. The van der Waals surface area contributed by atoms with E-state index in [1.807, 2.05) is 6.20 Å². The first kappa shape index (κ1) is 15.7. The van der Waals surface area contributed by atoms with E-state index in [-0.39, 0.29) is 0 Å². The number of benzene rings is 1. The first-order valence-electron chi connectivity index (χ1n) is 8.97. The van der Waals surface area contributed by atoms with E-state index in [0.717, 1.165) is 50.3 Å². The molecule has 2 N–H and O–H groups in total. The lowest BCUT2D eigenvalue weighted by Crippen LogP contribution is -2.36. The molecule has 5 heteroatoms. The van der Waals surface area contributed by atoms with Gasteiger partial charge in [0.15, 0.2) is 0 Å². The third kappa shape index (κ3) is 2.94. The fourth-order valence-corrected chi connectivity index (χ4v) is 3.90. The lowest BCUT2D eigenvalue weighted by Gasteiger charge is -2.36. The highest BCUT2D eigenvalue weighted by Crippen LogP contribution is 2.32. The maximum Gasteiger partial charge on any atom is 0.122 e. The van der Waals surface area contributed by atoms with Crippen molar-refractivity contribution in [3.05, 3.63) is 47.3 Å². The number of likely N-dealkylation sites (tertiary alicyclic amines) is 1. The molecule has 0 radical (unpaired) electrons. The molecule has 1 aromatic carbocycles. The molecule has 1 aromatic heterocycles. The number of rotatable bonds is 4. The molecular weight excluding hydrogens is 300 g/mol. The van der Waals surface area contributed by atoms with Crippen LogP contribution in [-0.4, -0.2) is 34.4 Å². The number of nitrogens with two attached hydrogens (primary N) is 1. The van der Waals surface area contributed by atoms with Crippen LogP contribution in [0.25, 0.3) is 0 Å². The van der Waals surface area contributed by atoms with Crippen LogP contribution in [-0.2, 0) is 13.0 Å². The first-order chi connectivity index (χ1) is 11.7. The molecule has 3 heterocycles. The molecule has 0 bridgehead atoms. The van der Waals surface area contributed by atoms with Crippen LogP contribution in [0, 0.1) is 0 Å². The lowest BCUT2D eigenvalue weighted by molar-refractivity contribution is 0.139. The molecule has 5 nitrogen and oxygen atoms in total. The van der Waals surface area contributed by atoms with Gasteiger partial charge in [0.2, 0.25) is 0 Å². The highest BCUT2D eigenvalue weighted by Gasteiger charge is 2.25. The van der Waals surface area contributed by atoms with Crippen LogP contribution < -0.4 is 10.5 Å². The zero-order chi connectivity index (χ0) is 16.5. The molecule has 4 rings (SSSR count). The van der Waals surface area contributed by atoms with Gasteiger partial charge in [0.05, 0.1) is 18.8 Å². The summed E-state index contributed by atoms with van der Waals surface area (Å²) in [6, 6.07) is 7.65. The molecule has 2 aliphatic rings. The van der Waals surface area contributed by atoms with Crippen LogP contribution >= 0.6 is 0 Å². The van der Waals surface area contributed by atoms with Crippen LogP contribution in [0.15, 0.2) is 30.6 Å². The van der Waals surface area contributed by atoms with Gasteiger partial charge in [-0.25, -0.2) is 0 Å². The van der Waals surface area contributed by atoms with E-state index in [4.69, 9.17) is 10.5 Å². The molecule has 1 saturated heterocycles. The van der Waals surface area contributed by atoms with E-state index in [2.05, 4.69) is 46.0 Å². The second-order valence-electron chi connectivity index (χ2n) is 6.94. The predicted molar refractivity (Wildman–Crippen MR) is 94.0 cm³/mol.